The maximum atomic E-state index is 12.0. The summed E-state index contributed by atoms with van der Waals surface area (Å²) in [7, 11) is 0. The van der Waals surface area contributed by atoms with Gasteiger partial charge in [0.05, 0.1) is 12.3 Å². The van der Waals surface area contributed by atoms with Gasteiger partial charge in [0.2, 0.25) is 11.8 Å². The number of carbonyl (C=O) groups excluding carboxylic acids is 1. The number of ether oxygens (including phenoxy) is 1. The Bertz CT molecular complexity index is 1100. The van der Waals surface area contributed by atoms with Gasteiger partial charge in [-0.1, -0.05) is 60.7 Å². The number of amides is 1. The van der Waals surface area contributed by atoms with Crippen LogP contribution < -0.4 is 10.1 Å². The fourth-order valence-corrected chi connectivity index (χ4v) is 3.67. The smallest absolute Gasteiger partial charge is 0.231 e. The molecule has 152 valence electrons. The molecule has 0 aliphatic carbocycles. The summed E-state index contributed by atoms with van der Waals surface area (Å²) in [5, 5.41) is 15.7. The van der Waals surface area contributed by atoms with Gasteiger partial charge in [0, 0.05) is 17.4 Å². The zero-order valence-electron chi connectivity index (χ0n) is 16.3. The predicted octanol–water partition coefficient (Wildman–Crippen LogP) is 3.22. The van der Waals surface area contributed by atoms with E-state index in [1.807, 2.05) is 48.5 Å². The first-order valence-electron chi connectivity index (χ1n) is 9.59. The van der Waals surface area contributed by atoms with E-state index in [4.69, 9.17) is 4.74 Å². The van der Waals surface area contributed by atoms with Crippen molar-refractivity contribution in [2.45, 2.75) is 5.75 Å². The molecule has 0 aliphatic rings. The fourth-order valence-electron chi connectivity index (χ4n) is 2.85. The second kappa shape index (κ2) is 9.89. The molecule has 0 spiro atoms. The van der Waals surface area contributed by atoms with Crippen LogP contribution in [0.4, 0.5) is 0 Å². The first-order valence-corrected chi connectivity index (χ1v) is 10.7. The van der Waals surface area contributed by atoms with Gasteiger partial charge in [0.1, 0.15) is 6.61 Å². The SMILES string of the molecule is O=C(CSCc1ccccc1)NCCOc1ccc2nnc(-c3ccccc3)n2n1. The van der Waals surface area contributed by atoms with Crippen molar-refractivity contribution in [2.75, 3.05) is 18.9 Å². The van der Waals surface area contributed by atoms with Gasteiger partial charge >= 0.3 is 0 Å². The zero-order chi connectivity index (χ0) is 20.6. The summed E-state index contributed by atoms with van der Waals surface area (Å²) in [4.78, 5) is 12.0. The summed E-state index contributed by atoms with van der Waals surface area (Å²) in [6.07, 6.45) is 0. The molecule has 0 saturated heterocycles. The van der Waals surface area contributed by atoms with E-state index in [0.29, 0.717) is 36.3 Å². The predicted molar refractivity (Wildman–Crippen MR) is 117 cm³/mol. The first-order chi connectivity index (χ1) is 14.8. The molecule has 0 atom stereocenters. The van der Waals surface area contributed by atoms with E-state index in [1.54, 1.807) is 28.4 Å². The van der Waals surface area contributed by atoms with Crippen LogP contribution in [0.2, 0.25) is 0 Å². The Morgan fingerprint density at radius 1 is 0.967 bits per heavy atom. The van der Waals surface area contributed by atoms with E-state index in [0.717, 1.165) is 11.3 Å². The standard InChI is InChI=1S/C22H21N5O2S/c28-20(16-30-15-17-7-3-1-4-8-17)23-13-14-29-21-12-11-19-24-25-22(27(19)26-21)18-9-5-2-6-10-18/h1-12H,13-16H2,(H,23,28). The van der Waals surface area contributed by atoms with Crippen LogP contribution in [-0.2, 0) is 10.5 Å². The molecular weight excluding hydrogens is 398 g/mol. The lowest BCUT2D eigenvalue weighted by molar-refractivity contribution is -0.118. The van der Waals surface area contributed by atoms with Crippen molar-refractivity contribution in [1.82, 2.24) is 25.1 Å². The van der Waals surface area contributed by atoms with E-state index in [9.17, 15) is 4.79 Å². The lowest BCUT2D eigenvalue weighted by Gasteiger charge is -2.08. The minimum Gasteiger partial charge on any atom is -0.475 e. The average molecular weight is 420 g/mol. The van der Waals surface area contributed by atoms with E-state index in [1.165, 1.54) is 5.56 Å². The number of rotatable bonds is 9. The number of hydrogen-bond donors (Lipinski definition) is 1. The van der Waals surface area contributed by atoms with E-state index < -0.39 is 0 Å². The second-order valence-corrected chi connectivity index (χ2v) is 7.49. The molecular formula is C22H21N5O2S. The van der Waals surface area contributed by atoms with Crippen molar-refractivity contribution >= 4 is 23.3 Å². The highest BCUT2D eigenvalue weighted by Crippen LogP contribution is 2.18. The summed E-state index contributed by atoms with van der Waals surface area (Å²) in [5.41, 5.74) is 2.78. The van der Waals surface area contributed by atoms with Crippen LogP contribution in [-0.4, -0.2) is 44.6 Å². The molecule has 30 heavy (non-hydrogen) atoms. The molecule has 7 nitrogen and oxygen atoms in total. The largest absolute Gasteiger partial charge is 0.475 e. The number of nitrogens with zero attached hydrogens (tertiary/aromatic N) is 4. The van der Waals surface area contributed by atoms with Gasteiger partial charge in [-0.25, -0.2) is 0 Å². The number of thioether (sulfide) groups is 1. The molecule has 1 amide bonds. The highest BCUT2D eigenvalue weighted by Gasteiger charge is 2.10. The molecule has 0 saturated carbocycles. The maximum Gasteiger partial charge on any atom is 0.231 e. The summed E-state index contributed by atoms with van der Waals surface area (Å²) in [5.74, 6) is 2.33. The molecule has 1 N–H and O–H groups in total. The zero-order valence-corrected chi connectivity index (χ0v) is 17.1. The minimum atomic E-state index is -0.00637. The number of aromatic nitrogens is 4. The highest BCUT2D eigenvalue weighted by atomic mass is 32.2. The van der Waals surface area contributed by atoms with Gasteiger partial charge in [-0.05, 0) is 11.6 Å². The molecule has 0 unspecified atom stereocenters. The Balaban J connectivity index is 1.24. The number of nitrogens with one attached hydrogen (secondary N) is 1. The summed E-state index contributed by atoms with van der Waals surface area (Å²) in [6.45, 7) is 0.745. The van der Waals surface area contributed by atoms with Crippen LogP contribution in [0.1, 0.15) is 5.56 Å². The molecule has 0 bridgehead atoms. The van der Waals surface area contributed by atoms with Gasteiger partial charge in [0.25, 0.3) is 0 Å². The summed E-state index contributed by atoms with van der Waals surface area (Å²) >= 11 is 1.59. The Morgan fingerprint density at radius 2 is 1.73 bits per heavy atom. The summed E-state index contributed by atoms with van der Waals surface area (Å²) < 4.78 is 7.35. The Kier molecular flexibility index (Phi) is 6.56. The van der Waals surface area contributed by atoms with E-state index >= 15 is 0 Å². The minimum absolute atomic E-state index is 0.00637. The topological polar surface area (TPSA) is 81.4 Å². The number of carbonyl (C=O) groups is 1. The van der Waals surface area contributed by atoms with Crippen molar-refractivity contribution in [3.63, 3.8) is 0 Å². The second-order valence-electron chi connectivity index (χ2n) is 6.51. The number of fused-ring (bicyclic) bond motifs is 1. The first kappa shape index (κ1) is 19.9. The Labute approximate surface area is 178 Å². The molecule has 4 aromatic rings. The van der Waals surface area contributed by atoms with Crippen LogP contribution in [0.25, 0.3) is 17.0 Å². The maximum absolute atomic E-state index is 12.0. The Morgan fingerprint density at radius 3 is 2.53 bits per heavy atom. The van der Waals surface area contributed by atoms with Crippen molar-refractivity contribution in [1.29, 1.82) is 0 Å². The van der Waals surface area contributed by atoms with E-state index in [2.05, 4.69) is 32.7 Å². The third kappa shape index (κ3) is 5.15. The van der Waals surface area contributed by atoms with Gasteiger partial charge in [0.15, 0.2) is 11.5 Å². The van der Waals surface area contributed by atoms with Gasteiger partial charge in [-0.3, -0.25) is 4.79 Å². The molecule has 2 aromatic heterocycles. The third-order valence-corrected chi connectivity index (χ3v) is 5.29. The van der Waals surface area contributed by atoms with Crippen LogP contribution >= 0.6 is 11.8 Å². The molecule has 2 heterocycles. The normalized spacial score (nSPS) is 10.8. The monoisotopic (exact) mass is 419 g/mol. The van der Waals surface area contributed by atoms with Gasteiger partial charge < -0.3 is 10.1 Å². The third-order valence-electron chi connectivity index (χ3n) is 4.29. The average Bonchev–Trinajstić information content (AvgIpc) is 3.21. The lowest BCUT2D eigenvalue weighted by Crippen LogP contribution is -2.29. The highest BCUT2D eigenvalue weighted by molar-refractivity contribution is 7.99. The van der Waals surface area contributed by atoms with Crippen molar-refractivity contribution in [3.8, 4) is 17.3 Å². The molecule has 0 fully saturated rings. The van der Waals surface area contributed by atoms with Crippen LogP contribution in [0.5, 0.6) is 5.88 Å². The number of hydrogen-bond acceptors (Lipinski definition) is 6. The van der Waals surface area contributed by atoms with Crippen molar-refractivity contribution in [2.24, 2.45) is 0 Å². The van der Waals surface area contributed by atoms with Crippen molar-refractivity contribution in [3.05, 3.63) is 78.4 Å². The van der Waals surface area contributed by atoms with Gasteiger partial charge in [-0.2, -0.15) is 4.52 Å². The molecule has 4 rings (SSSR count). The molecule has 2 aromatic carbocycles. The van der Waals surface area contributed by atoms with Crippen molar-refractivity contribution < 1.29 is 9.53 Å². The quantitative estimate of drug-likeness (QED) is 0.420. The van der Waals surface area contributed by atoms with Crippen LogP contribution in [0.15, 0.2) is 72.8 Å². The van der Waals surface area contributed by atoms with Crippen LogP contribution in [0.3, 0.4) is 0 Å². The van der Waals surface area contributed by atoms with Gasteiger partial charge in [-0.15, -0.1) is 27.1 Å². The number of benzene rings is 2. The summed E-state index contributed by atoms with van der Waals surface area (Å²) in [6, 6.07) is 23.4. The molecule has 0 aliphatic heterocycles. The fraction of sp³-hybridized carbons (Fsp3) is 0.182. The van der Waals surface area contributed by atoms with E-state index in [-0.39, 0.29) is 5.91 Å². The molecule has 0 radical (unpaired) electrons. The van der Waals surface area contributed by atoms with Crippen LogP contribution in [0, 0.1) is 0 Å². The molecule has 8 heteroatoms. The Hall–Kier alpha value is -3.39. The lowest BCUT2D eigenvalue weighted by atomic mass is 10.2.